The minimum atomic E-state index is -1.29. The summed E-state index contributed by atoms with van der Waals surface area (Å²) in [6.45, 7) is 0.445. The van der Waals surface area contributed by atoms with E-state index >= 15 is 0 Å². The van der Waals surface area contributed by atoms with Crippen LogP contribution in [0.15, 0.2) is 11.6 Å². The molecule has 1 aliphatic carbocycles. The molecule has 3 amide bonds. The molecular weight excluding hydrogens is 250 g/mol. The molecule has 0 heterocycles. The average molecular weight is 269 g/mol. The van der Waals surface area contributed by atoms with Gasteiger partial charge in [0.05, 0.1) is 6.42 Å². The summed E-state index contributed by atoms with van der Waals surface area (Å²) in [6, 6.07) is -1.89. The molecule has 1 aliphatic rings. The average Bonchev–Trinajstić information content (AvgIpc) is 2.80. The van der Waals surface area contributed by atoms with Gasteiger partial charge in [-0.3, -0.25) is 4.79 Å². The first-order chi connectivity index (χ1) is 8.99. The third-order valence-corrected chi connectivity index (χ3v) is 2.88. The molecule has 0 aliphatic heterocycles. The Morgan fingerprint density at radius 2 is 2.16 bits per heavy atom. The van der Waals surface area contributed by atoms with Crippen molar-refractivity contribution in [1.29, 1.82) is 0 Å². The van der Waals surface area contributed by atoms with Crippen LogP contribution >= 0.6 is 0 Å². The van der Waals surface area contributed by atoms with E-state index in [4.69, 9.17) is 10.8 Å². The van der Waals surface area contributed by atoms with E-state index in [-0.39, 0.29) is 0 Å². The first-order valence-corrected chi connectivity index (χ1v) is 6.22. The molecule has 0 aromatic rings. The summed E-state index contributed by atoms with van der Waals surface area (Å²) in [5.41, 5.74) is 6.22. The van der Waals surface area contributed by atoms with Crippen molar-refractivity contribution in [1.82, 2.24) is 10.6 Å². The van der Waals surface area contributed by atoms with Gasteiger partial charge in [0.1, 0.15) is 6.04 Å². The fourth-order valence-electron chi connectivity index (χ4n) is 1.91. The number of allylic oxidation sites excluding steroid dienone is 1. The van der Waals surface area contributed by atoms with Crippen LogP contribution < -0.4 is 16.4 Å². The number of rotatable bonds is 7. The summed E-state index contributed by atoms with van der Waals surface area (Å²) in [7, 11) is 0. The minimum Gasteiger partial charge on any atom is -0.480 e. The fourth-order valence-corrected chi connectivity index (χ4v) is 1.91. The normalized spacial score (nSPS) is 15.5. The van der Waals surface area contributed by atoms with Gasteiger partial charge in [-0.15, -0.1) is 0 Å². The summed E-state index contributed by atoms with van der Waals surface area (Å²) in [6.07, 6.45) is 5.80. The van der Waals surface area contributed by atoms with Crippen LogP contribution in [-0.4, -0.2) is 35.6 Å². The predicted octanol–water partition coefficient (Wildman–Crippen LogP) is 0.115. The molecule has 0 saturated carbocycles. The van der Waals surface area contributed by atoms with E-state index in [1.165, 1.54) is 5.57 Å². The van der Waals surface area contributed by atoms with Crippen molar-refractivity contribution in [2.24, 2.45) is 5.73 Å². The number of carboxylic acids is 1. The molecule has 0 unspecified atom stereocenters. The van der Waals surface area contributed by atoms with Gasteiger partial charge in [-0.2, -0.15) is 0 Å². The van der Waals surface area contributed by atoms with Gasteiger partial charge >= 0.3 is 12.0 Å². The maximum Gasteiger partial charge on any atom is 0.326 e. The number of hydrogen-bond acceptors (Lipinski definition) is 3. The van der Waals surface area contributed by atoms with Gasteiger partial charge in [0.2, 0.25) is 5.91 Å². The Morgan fingerprint density at radius 1 is 1.42 bits per heavy atom. The van der Waals surface area contributed by atoms with Crippen LogP contribution in [0.2, 0.25) is 0 Å². The van der Waals surface area contributed by atoms with E-state index < -0.39 is 30.4 Å². The summed E-state index contributed by atoms with van der Waals surface area (Å²) < 4.78 is 0. The standard InChI is InChI=1S/C12H19N3O4/c13-10(16)7-9(11(17)18)15-12(19)14-6-5-8-3-1-2-4-8/h3,9H,1-2,4-7H2,(H2,13,16)(H,17,18)(H2,14,15,19)/t9-/m1/s1. The number of nitrogens with two attached hydrogens (primary N) is 1. The SMILES string of the molecule is NC(=O)C[C@@H](NC(=O)NCCC1=CCCC1)C(=O)O. The fraction of sp³-hybridized carbons (Fsp3) is 0.583. The molecule has 0 fully saturated rings. The second kappa shape index (κ2) is 7.40. The Hall–Kier alpha value is -2.05. The first kappa shape index (κ1) is 15.0. The third-order valence-electron chi connectivity index (χ3n) is 2.88. The van der Waals surface area contributed by atoms with E-state index in [0.29, 0.717) is 6.54 Å². The van der Waals surface area contributed by atoms with Gasteiger partial charge in [0, 0.05) is 6.54 Å². The highest BCUT2D eigenvalue weighted by Crippen LogP contribution is 2.19. The van der Waals surface area contributed by atoms with Crippen molar-refractivity contribution in [3.63, 3.8) is 0 Å². The number of urea groups is 1. The zero-order chi connectivity index (χ0) is 14.3. The van der Waals surface area contributed by atoms with Crippen LogP contribution in [-0.2, 0) is 9.59 Å². The Bertz CT molecular complexity index is 392. The minimum absolute atomic E-state index is 0.423. The molecule has 0 aromatic carbocycles. The van der Waals surface area contributed by atoms with Gasteiger partial charge in [-0.1, -0.05) is 11.6 Å². The molecular formula is C12H19N3O4. The van der Waals surface area contributed by atoms with E-state index in [2.05, 4.69) is 16.7 Å². The van der Waals surface area contributed by atoms with E-state index in [1.54, 1.807) is 0 Å². The first-order valence-electron chi connectivity index (χ1n) is 6.22. The maximum absolute atomic E-state index is 11.5. The van der Waals surface area contributed by atoms with Crippen LogP contribution in [0, 0.1) is 0 Å². The van der Waals surface area contributed by atoms with Gasteiger partial charge < -0.3 is 21.5 Å². The molecule has 1 rings (SSSR count). The Morgan fingerprint density at radius 3 is 2.68 bits per heavy atom. The van der Waals surface area contributed by atoms with Gasteiger partial charge in [-0.05, 0) is 25.7 Å². The highest BCUT2D eigenvalue weighted by Gasteiger charge is 2.21. The zero-order valence-corrected chi connectivity index (χ0v) is 10.6. The number of carboxylic acid groups (broad SMARTS) is 1. The van der Waals surface area contributed by atoms with Crippen molar-refractivity contribution in [3.05, 3.63) is 11.6 Å². The molecule has 0 aromatic heterocycles. The van der Waals surface area contributed by atoms with Crippen molar-refractivity contribution < 1.29 is 19.5 Å². The highest BCUT2D eigenvalue weighted by atomic mass is 16.4. The van der Waals surface area contributed by atoms with Crippen molar-refractivity contribution in [2.45, 2.75) is 38.1 Å². The zero-order valence-electron chi connectivity index (χ0n) is 10.6. The lowest BCUT2D eigenvalue weighted by atomic mass is 10.2. The topological polar surface area (TPSA) is 122 Å². The van der Waals surface area contributed by atoms with Gasteiger partial charge in [0.25, 0.3) is 0 Å². The number of primary amides is 1. The Labute approximate surface area is 111 Å². The molecule has 19 heavy (non-hydrogen) atoms. The molecule has 1 atom stereocenters. The smallest absolute Gasteiger partial charge is 0.326 e. The van der Waals surface area contributed by atoms with Gasteiger partial charge in [0.15, 0.2) is 0 Å². The van der Waals surface area contributed by atoms with E-state index in [0.717, 1.165) is 25.7 Å². The third kappa shape index (κ3) is 5.89. The number of amides is 3. The maximum atomic E-state index is 11.5. The Kier molecular flexibility index (Phi) is 5.84. The van der Waals surface area contributed by atoms with Crippen LogP contribution in [0.4, 0.5) is 4.79 Å². The van der Waals surface area contributed by atoms with E-state index in [9.17, 15) is 14.4 Å². The molecule has 0 bridgehead atoms. The Balaban J connectivity index is 2.27. The van der Waals surface area contributed by atoms with Crippen LogP contribution in [0.1, 0.15) is 32.1 Å². The lowest BCUT2D eigenvalue weighted by molar-refractivity contribution is -0.140. The number of hydrogen-bond donors (Lipinski definition) is 4. The van der Waals surface area contributed by atoms with E-state index in [1.807, 2.05) is 0 Å². The molecule has 5 N–H and O–H groups in total. The van der Waals surface area contributed by atoms with Crippen LogP contribution in [0.5, 0.6) is 0 Å². The highest BCUT2D eigenvalue weighted by molar-refractivity contribution is 5.87. The summed E-state index contributed by atoms with van der Waals surface area (Å²) in [5, 5.41) is 13.6. The summed E-state index contributed by atoms with van der Waals surface area (Å²) in [4.78, 5) is 32.9. The molecule has 7 heteroatoms. The quantitative estimate of drug-likeness (QED) is 0.490. The second-order valence-corrected chi connectivity index (χ2v) is 4.47. The second-order valence-electron chi connectivity index (χ2n) is 4.47. The van der Waals surface area contributed by atoms with Crippen LogP contribution in [0.3, 0.4) is 0 Å². The number of nitrogens with one attached hydrogen (secondary N) is 2. The number of aliphatic carboxylic acids is 1. The predicted molar refractivity (Wildman–Crippen MR) is 68.3 cm³/mol. The van der Waals surface area contributed by atoms with Gasteiger partial charge in [-0.25, -0.2) is 9.59 Å². The lowest BCUT2D eigenvalue weighted by Crippen LogP contribution is -2.47. The lowest BCUT2D eigenvalue weighted by Gasteiger charge is -2.13. The largest absolute Gasteiger partial charge is 0.480 e. The number of carbonyl (C=O) groups excluding carboxylic acids is 2. The summed E-state index contributed by atoms with van der Waals surface area (Å²) in [5.74, 6) is -2.06. The molecule has 0 spiro atoms. The van der Waals surface area contributed by atoms with Crippen molar-refractivity contribution in [3.8, 4) is 0 Å². The summed E-state index contributed by atoms with van der Waals surface area (Å²) >= 11 is 0. The molecule has 0 radical (unpaired) electrons. The van der Waals surface area contributed by atoms with Crippen molar-refractivity contribution >= 4 is 17.9 Å². The van der Waals surface area contributed by atoms with Crippen LogP contribution in [0.25, 0.3) is 0 Å². The molecule has 7 nitrogen and oxygen atoms in total. The monoisotopic (exact) mass is 269 g/mol. The number of carbonyl (C=O) groups is 3. The molecule has 0 saturated heterocycles. The van der Waals surface area contributed by atoms with Crippen molar-refractivity contribution in [2.75, 3.05) is 6.54 Å². The molecule has 106 valence electrons.